The molecule has 0 radical (unpaired) electrons. The van der Waals surface area contributed by atoms with E-state index >= 15 is 0 Å². The van der Waals surface area contributed by atoms with E-state index in [1.54, 1.807) is 18.2 Å². The number of carbonyl (C=O) groups excluding carboxylic acids is 1. The number of amides is 1. The third-order valence-electron chi connectivity index (χ3n) is 4.35. The van der Waals surface area contributed by atoms with E-state index in [2.05, 4.69) is 16.8 Å². The van der Waals surface area contributed by atoms with Crippen molar-refractivity contribution in [2.45, 2.75) is 38.5 Å². The third-order valence-corrected chi connectivity index (χ3v) is 5.43. The molecule has 1 aliphatic rings. The van der Waals surface area contributed by atoms with Crippen molar-refractivity contribution in [2.24, 2.45) is 0 Å². The molecule has 1 saturated heterocycles. The molecular weight excluding hydrogens is 344 g/mol. The van der Waals surface area contributed by atoms with Gasteiger partial charge in [-0.3, -0.25) is 9.89 Å². The van der Waals surface area contributed by atoms with E-state index in [0.717, 1.165) is 39.3 Å². The Kier molecular flexibility index (Phi) is 5.03. The number of halogens is 2. The summed E-state index contributed by atoms with van der Waals surface area (Å²) in [5.41, 5.74) is 0.708. The van der Waals surface area contributed by atoms with Crippen LogP contribution in [0, 0.1) is 0 Å². The Labute approximate surface area is 149 Å². The molecule has 3 heterocycles. The summed E-state index contributed by atoms with van der Waals surface area (Å²) in [5, 5.41) is 6.55. The number of carbonyl (C=O) groups is 1. The number of nitrogens with zero attached hydrogens (tertiary/aromatic N) is 2. The van der Waals surface area contributed by atoms with Gasteiger partial charge >= 0.3 is 0 Å². The number of hydrogen-bond donors (Lipinski definition) is 1. The molecule has 2 aromatic heterocycles. The topological polar surface area (TPSA) is 49.0 Å². The van der Waals surface area contributed by atoms with E-state index in [0.29, 0.717) is 21.0 Å². The zero-order valence-corrected chi connectivity index (χ0v) is 15.0. The fourth-order valence-electron chi connectivity index (χ4n) is 3.11. The minimum absolute atomic E-state index is 0.0119. The first-order valence-electron chi connectivity index (χ1n) is 8.37. The Balaban J connectivity index is 1.90. The number of thiophene rings is 1. The lowest BCUT2D eigenvalue weighted by atomic mass is 10.0. The van der Waals surface area contributed by atoms with Gasteiger partial charge in [-0.2, -0.15) is 13.9 Å². The lowest BCUT2D eigenvalue weighted by Gasteiger charge is -2.26. The van der Waals surface area contributed by atoms with Crippen molar-refractivity contribution in [1.29, 1.82) is 0 Å². The van der Waals surface area contributed by atoms with Crippen LogP contribution in [0.2, 0.25) is 0 Å². The average Bonchev–Trinajstić information content (AvgIpc) is 3.21. The van der Waals surface area contributed by atoms with Crippen LogP contribution in [0.15, 0.2) is 24.8 Å². The van der Waals surface area contributed by atoms with Gasteiger partial charge < -0.3 is 4.90 Å². The Morgan fingerprint density at radius 3 is 2.76 bits per heavy atom. The van der Waals surface area contributed by atoms with Crippen LogP contribution in [-0.4, -0.2) is 34.1 Å². The second-order valence-corrected chi connectivity index (χ2v) is 7.41. The number of likely N-dealkylation sites (tertiary alicyclic amines) is 1. The van der Waals surface area contributed by atoms with E-state index < -0.39 is 5.92 Å². The van der Waals surface area contributed by atoms with Gasteiger partial charge in [0.05, 0.1) is 9.75 Å². The van der Waals surface area contributed by atoms with Gasteiger partial charge in [-0.05, 0) is 37.8 Å². The molecule has 25 heavy (non-hydrogen) atoms. The summed E-state index contributed by atoms with van der Waals surface area (Å²) >= 11 is 1.30. The van der Waals surface area contributed by atoms with E-state index in [1.165, 1.54) is 11.3 Å². The Hall–Kier alpha value is -2.02. The molecule has 0 aromatic carbocycles. The molecule has 7 heteroatoms. The molecule has 0 unspecified atom stereocenters. The first-order valence-corrected chi connectivity index (χ1v) is 9.19. The number of aromatic nitrogens is 2. The molecule has 0 aliphatic carbocycles. The van der Waals surface area contributed by atoms with Crippen molar-refractivity contribution in [1.82, 2.24) is 15.1 Å². The summed E-state index contributed by atoms with van der Waals surface area (Å²) in [4.78, 5) is 15.8. The van der Waals surface area contributed by atoms with E-state index in [4.69, 9.17) is 0 Å². The van der Waals surface area contributed by atoms with Gasteiger partial charge in [0, 0.05) is 25.6 Å². The van der Waals surface area contributed by atoms with Crippen molar-refractivity contribution in [2.75, 3.05) is 13.1 Å². The minimum atomic E-state index is -3.01. The number of piperidine rings is 1. The van der Waals surface area contributed by atoms with E-state index in [-0.39, 0.29) is 18.0 Å². The molecule has 0 bridgehead atoms. The molecule has 1 aliphatic heterocycles. The number of alkyl halides is 2. The number of nitrogens with one attached hydrogen (secondary N) is 1. The quantitative estimate of drug-likeness (QED) is 0.787. The smallest absolute Gasteiger partial charge is 0.286 e. The van der Waals surface area contributed by atoms with Crippen molar-refractivity contribution in [3.63, 3.8) is 0 Å². The minimum Gasteiger partial charge on any atom is -0.338 e. The predicted molar refractivity (Wildman–Crippen MR) is 95.1 cm³/mol. The highest BCUT2D eigenvalue weighted by atomic mass is 32.1. The normalized spacial score (nSPS) is 15.4. The second-order valence-electron chi connectivity index (χ2n) is 6.32. The molecule has 1 amide bonds. The van der Waals surface area contributed by atoms with Gasteiger partial charge in [0.2, 0.25) is 0 Å². The molecule has 0 saturated carbocycles. The summed E-state index contributed by atoms with van der Waals surface area (Å²) in [7, 11) is 0. The zero-order chi connectivity index (χ0) is 18.0. The molecule has 0 spiro atoms. The summed E-state index contributed by atoms with van der Waals surface area (Å²) in [6.07, 6.45) is 5.09. The largest absolute Gasteiger partial charge is 0.338 e. The van der Waals surface area contributed by atoms with Gasteiger partial charge in [0.1, 0.15) is 11.4 Å². The van der Waals surface area contributed by atoms with Crippen molar-refractivity contribution in [3.05, 3.63) is 40.9 Å². The fourth-order valence-corrected chi connectivity index (χ4v) is 4.10. The van der Waals surface area contributed by atoms with Crippen LogP contribution in [0.1, 0.15) is 47.1 Å². The number of H-pyrrole nitrogens is 1. The summed E-state index contributed by atoms with van der Waals surface area (Å²) in [5.74, 6) is -2.99. The highest BCUT2D eigenvalue weighted by Crippen LogP contribution is 2.37. The van der Waals surface area contributed by atoms with Gasteiger partial charge in [0.25, 0.3) is 11.8 Å². The van der Waals surface area contributed by atoms with Crippen LogP contribution >= 0.6 is 11.3 Å². The number of hydrogen-bond acceptors (Lipinski definition) is 3. The van der Waals surface area contributed by atoms with E-state index in [9.17, 15) is 13.6 Å². The van der Waals surface area contributed by atoms with Gasteiger partial charge in [-0.15, -0.1) is 17.9 Å². The predicted octanol–water partition coefficient (Wildman–Crippen LogP) is 4.60. The van der Waals surface area contributed by atoms with Crippen LogP contribution in [0.5, 0.6) is 0 Å². The van der Waals surface area contributed by atoms with Crippen LogP contribution in [0.4, 0.5) is 8.78 Å². The van der Waals surface area contributed by atoms with Crippen LogP contribution in [-0.2, 0) is 12.3 Å². The standard InChI is InChI=1S/C18H21F2N3OS/c1-3-7-12-15(21-22-16(12)18(2,19)20)13-8-9-14(25-13)17(24)23-10-5-4-6-11-23/h3,8-9H,1,4-7,10-11H2,2H3,(H,21,22). The summed E-state index contributed by atoms with van der Waals surface area (Å²) in [6, 6.07) is 3.54. The van der Waals surface area contributed by atoms with Crippen molar-refractivity contribution < 1.29 is 13.6 Å². The Morgan fingerprint density at radius 2 is 2.12 bits per heavy atom. The van der Waals surface area contributed by atoms with E-state index in [1.807, 2.05) is 4.90 Å². The Morgan fingerprint density at radius 1 is 1.40 bits per heavy atom. The molecular formula is C18H21F2N3OS. The van der Waals surface area contributed by atoms with Crippen LogP contribution in [0.3, 0.4) is 0 Å². The second kappa shape index (κ2) is 7.07. The molecule has 134 valence electrons. The number of aromatic amines is 1. The fraction of sp³-hybridized carbons (Fsp3) is 0.444. The zero-order valence-electron chi connectivity index (χ0n) is 14.1. The summed E-state index contributed by atoms with van der Waals surface area (Å²) in [6.45, 7) is 6.05. The first kappa shape index (κ1) is 17.8. The molecule has 1 fully saturated rings. The van der Waals surface area contributed by atoms with Crippen LogP contribution in [0.25, 0.3) is 10.6 Å². The molecule has 0 atom stereocenters. The molecule has 1 N–H and O–H groups in total. The third kappa shape index (κ3) is 3.66. The first-order chi connectivity index (χ1) is 11.9. The molecule has 2 aromatic rings. The monoisotopic (exact) mass is 365 g/mol. The lowest BCUT2D eigenvalue weighted by Crippen LogP contribution is -2.35. The average molecular weight is 365 g/mol. The lowest BCUT2D eigenvalue weighted by molar-refractivity contribution is 0.0119. The summed E-state index contributed by atoms with van der Waals surface area (Å²) < 4.78 is 27.6. The maximum atomic E-state index is 13.8. The molecule has 4 nitrogen and oxygen atoms in total. The maximum absolute atomic E-state index is 13.8. The van der Waals surface area contributed by atoms with Crippen molar-refractivity contribution >= 4 is 17.2 Å². The molecule has 3 rings (SSSR count). The van der Waals surface area contributed by atoms with Crippen LogP contribution < -0.4 is 0 Å². The Bertz CT molecular complexity index is 770. The maximum Gasteiger partial charge on any atom is 0.286 e. The highest BCUT2D eigenvalue weighted by Gasteiger charge is 2.32. The van der Waals surface area contributed by atoms with Gasteiger partial charge in [-0.1, -0.05) is 6.08 Å². The number of allylic oxidation sites excluding steroid dienone is 1. The van der Waals surface area contributed by atoms with Gasteiger partial charge in [0.15, 0.2) is 0 Å². The SMILES string of the molecule is C=CCc1c(-c2ccc(C(=O)N3CCCCC3)s2)n[nH]c1C(C)(F)F. The van der Waals surface area contributed by atoms with Crippen molar-refractivity contribution in [3.8, 4) is 10.6 Å². The van der Waals surface area contributed by atoms with Gasteiger partial charge in [-0.25, -0.2) is 0 Å². The number of rotatable bonds is 5. The highest BCUT2D eigenvalue weighted by molar-refractivity contribution is 7.17.